The quantitative estimate of drug-likeness (QED) is 0.234. The van der Waals surface area contributed by atoms with Crippen LogP contribution in [0.15, 0.2) is 34.3 Å². The van der Waals surface area contributed by atoms with Crippen molar-refractivity contribution in [3.05, 3.63) is 35.4 Å². The average Bonchev–Trinajstić information content (AvgIpc) is 2.71. The minimum Gasteiger partial charge on any atom is -0.507 e. The van der Waals surface area contributed by atoms with Crippen LogP contribution in [0.3, 0.4) is 0 Å². The van der Waals surface area contributed by atoms with Gasteiger partial charge in [-0.2, -0.15) is 0 Å². The zero-order valence-electron chi connectivity index (χ0n) is 25.4. The fourth-order valence-corrected chi connectivity index (χ4v) is 9.61. The minimum absolute atomic E-state index is 0.402. The van der Waals surface area contributed by atoms with Crippen LogP contribution in [0.1, 0.15) is 17.5 Å². The molecule has 204 valence electrons. The van der Waals surface area contributed by atoms with Gasteiger partial charge in [0.05, 0.1) is 32.3 Å². The summed E-state index contributed by atoms with van der Waals surface area (Å²) in [5.74, 6) is 0.804. The van der Waals surface area contributed by atoms with E-state index in [1.54, 1.807) is 0 Å². The molecule has 0 unspecified atom stereocenters. The molecule has 4 nitrogen and oxygen atoms in total. The lowest BCUT2D eigenvalue weighted by molar-refractivity contribution is 0.478. The van der Waals surface area contributed by atoms with Crippen LogP contribution in [0.4, 0.5) is 0 Å². The zero-order valence-corrected chi connectivity index (χ0v) is 29.4. The third-order valence-corrected chi connectivity index (χ3v) is 14.7. The number of benzene rings is 2. The van der Waals surface area contributed by atoms with E-state index in [9.17, 15) is 10.2 Å². The topological polar surface area (TPSA) is 65.2 Å². The van der Waals surface area contributed by atoms with Crippen molar-refractivity contribution in [1.82, 2.24) is 0 Å². The molecular weight excluding hydrogens is 521 g/mol. The second kappa shape index (κ2) is 11.6. The molecule has 37 heavy (non-hydrogen) atoms. The molecule has 0 heterocycles. The van der Waals surface area contributed by atoms with Gasteiger partial charge in [-0.15, -0.1) is 0 Å². The highest BCUT2D eigenvalue weighted by Crippen LogP contribution is 2.20. The van der Waals surface area contributed by atoms with Gasteiger partial charge in [-0.3, -0.25) is 9.98 Å². The number of phenols is 2. The first-order valence-corrected chi connectivity index (χ1v) is 27.5. The molecule has 0 bridgehead atoms. The summed E-state index contributed by atoms with van der Waals surface area (Å²) in [4.78, 5) is 9.27. The van der Waals surface area contributed by atoms with Gasteiger partial charge in [0, 0.05) is 36.6 Å². The number of hydrogen-bond acceptors (Lipinski definition) is 4. The van der Waals surface area contributed by atoms with E-state index < -0.39 is 32.3 Å². The van der Waals surface area contributed by atoms with Crippen LogP contribution in [-0.4, -0.2) is 68.0 Å². The fraction of sp³-hybridized carbons (Fsp3) is 0.517. The molecule has 0 radical (unpaired) electrons. The Labute approximate surface area is 230 Å². The zero-order chi connectivity index (χ0) is 28.4. The van der Waals surface area contributed by atoms with Gasteiger partial charge in [0.15, 0.2) is 0 Å². The Balaban J connectivity index is 2.16. The molecule has 0 aliphatic rings. The van der Waals surface area contributed by atoms with Crippen LogP contribution in [0.5, 0.6) is 11.5 Å². The SMILES string of the molecule is C[Si](C)(C)c1cc(C=NCCCN=Cc2cc([Si](C)(C)C)cc([Si](C)(C)C)c2O)c(O)c([Si](C)(C)C)c1. The van der Waals surface area contributed by atoms with Crippen molar-refractivity contribution in [3.8, 4) is 11.5 Å². The van der Waals surface area contributed by atoms with Crippen molar-refractivity contribution in [3.63, 3.8) is 0 Å². The smallest absolute Gasteiger partial charge is 0.123 e. The van der Waals surface area contributed by atoms with Gasteiger partial charge >= 0.3 is 0 Å². The number of phenolic OH excluding ortho intramolecular Hbond substituents is 2. The normalized spacial score (nSPS) is 13.7. The lowest BCUT2D eigenvalue weighted by Gasteiger charge is -2.25. The van der Waals surface area contributed by atoms with Crippen LogP contribution >= 0.6 is 0 Å². The number of rotatable bonds is 10. The van der Waals surface area contributed by atoms with E-state index in [-0.39, 0.29) is 0 Å². The predicted molar refractivity (Wildman–Crippen MR) is 178 cm³/mol. The van der Waals surface area contributed by atoms with Crippen molar-refractivity contribution >= 4 is 65.5 Å². The van der Waals surface area contributed by atoms with Crippen LogP contribution in [0, 0.1) is 0 Å². The standard InChI is InChI=1S/C29H50N2O2Si4/c1-34(2,3)24-16-22(28(32)26(18-24)36(7,8)9)20-30-14-13-15-31-21-23-17-25(35(4,5)6)19-27(29(23)33)37(10,11)12/h16-21,32-33H,13-15H2,1-12H3. The Morgan fingerprint density at radius 3 is 1.14 bits per heavy atom. The monoisotopic (exact) mass is 570 g/mol. The van der Waals surface area contributed by atoms with Crippen LogP contribution in [0.2, 0.25) is 78.6 Å². The van der Waals surface area contributed by atoms with E-state index in [0.29, 0.717) is 24.6 Å². The first kappa shape index (κ1) is 31.5. The molecule has 8 heteroatoms. The predicted octanol–water partition coefficient (Wildman–Crippen LogP) is 5.21. The summed E-state index contributed by atoms with van der Waals surface area (Å²) in [7, 11) is -6.39. The van der Waals surface area contributed by atoms with E-state index >= 15 is 0 Å². The summed E-state index contributed by atoms with van der Waals surface area (Å²) in [5.41, 5.74) is 1.68. The maximum atomic E-state index is 11.0. The molecule has 0 spiro atoms. The second-order valence-electron chi connectivity index (χ2n) is 14.3. The molecule has 2 rings (SSSR count). The fourth-order valence-electron chi connectivity index (χ4n) is 4.10. The van der Waals surface area contributed by atoms with Crippen LogP contribution in [0.25, 0.3) is 0 Å². The molecule has 0 atom stereocenters. The van der Waals surface area contributed by atoms with Crippen molar-refractivity contribution < 1.29 is 10.2 Å². The highest BCUT2D eigenvalue weighted by atomic mass is 28.3. The number of aliphatic imine (C=N–C) groups is 2. The van der Waals surface area contributed by atoms with E-state index in [4.69, 9.17) is 0 Å². The Morgan fingerprint density at radius 2 is 0.865 bits per heavy atom. The molecule has 2 N–H and O–H groups in total. The van der Waals surface area contributed by atoms with Crippen molar-refractivity contribution in [2.75, 3.05) is 13.1 Å². The number of nitrogens with zero attached hydrogens (tertiary/aromatic N) is 2. The van der Waals surface area contributed by atoms with Gasteiger partial charge < -0.3 is 10.2 Å². The van der Waals surface area contributed by atoms with Crippen molar-refractivity contribution in [2.24, 2.45) is 9.98 Å². The third kappa shape index (κ3) is 8.63. The Morgan fingerprint density at radius 1 is 0.541 bits per heavy atom. The van der Waals surface area contributed by atoms with Gasteiger partial charge in [0.1, 0.15) is 11.5 Å². The Hall–Kier alpha value is -1.75. The van der Waals surface area contributed by atoms with Gasteiger partial charge in [0.25, 0.3) is 0 Å². The first-order chi connectivity index (χ1) is 16.7. The van der Waals surface area contributed by atoms with Gasteiger partial charge in [-0.05, 0) is 16.8 Å². The summed E-state index contributed by atoms with van der Waals surface area (Å²) in [6, 6.07) is 8.77. The molecule has 0 amide bonds. The summed E-state index contributed by atoms with van der Waals surface area (Å²) in [6.07, 6.45) is 4.50. The van der Waals surface area contributed by atoms with Crippen molar-refractivity contribution in [1.29, 1.82) is 0 Å². The maximum Gasteiger partial charge on any atom is 0.123 e. The number of hydrogen-bond donors (Lipinski definition) is 2. The summed E-state index contributed by atoms with van der Waals surface area (Å²) >= 11 is 0. The second-order valence-corrected chi connectivity index (χ2v) is 34.6. The summed E-state index contributed by atoms with van der Waals surface area (Å²) in [5, 5.41) is 26.9. The lowest BCUT2D eigenvalue weighted by Crippen LogP contribution is -2.45. The van der Waals surface area contributed by atoms with Gasteiger partial charge in [-0.1, -0.05) is 113 Å². The molecule has 0 aliphatic carbocycles. The largest absolute Gasteiger partial charge is 0.507 e. The van der Waals surface area contributed by atoms with Crippen LogP contribution < -0.4 is 20.7 Å². The van der Waals surface area contributed by atoms with E-state index in [1.165, 1.54) is 10.4 Å². The van der Waals surface area contributed by atoms with Gasteiger partial charge in [0.2, 0.25) is 0 Å². The first-order valence-electron chi connectivity index (χ1n) is 13.5. The van der Waals surface area contributed by atoms with Gasteiger partial charge in [-0.25, -0.2) is 0 Å². The molecule has 0 saturated carbocycles. The molecule has 0 saturated heterocycles. The highest BCUT2D eigenvalue weighted by molar-refractivity contribution is 6.92. The molecule has 0 fully saturated rings. The molecule has 2 aromatic rings. The Bertz CT molecular complexity index is 1070. The molecular formula is C29H50N2O2Si4. The number of aromatic hydroxyl groups is 2. The van der Waals surface area contributed by atoms with Crippen LogP contribution in [-0.2, 0) is 0 Å². The highest BCUT2D eigenvalue weighted by Gasteiger charge is 2.27. The lowest BCUT2D eigenvalue weighted by atomic mass is 10.2. The molecule has 2 aromatic carbocycles. The van der Waals surface area contributed by atoms with E-state index in [2.05, 4.69) is 113 Å². The van der Waals surface area contributed by atoms with E-state index in [0.717, 1.165) is 27.9 Å². The average molecular weight is 571 g/mol. The third-order valence-electron chi connectivity index (χ3n) is 6.66. The molecule has 0 aromatic heterocycles. The summed E-state index contributed by atoms with van der Waals surface area (Å²) < 4.78 is 0. The summed E-state index contributed by atoms with van der Waals surface area (Å²) in [6.45, 7) is 29.0. The van der Waals surface area contributed by atoms with E-state index in [1.807, 2.05) is 12.4 Å². The Kier molecular flexibility index (Phi) is 9.82. The molecule has 0 aliphatic heterocycles. The minimum atomic E-state index is -1.68. The maximum absolute atomic E-state index is 11.0. The van der Waals surface area contributed by atoms with Crippen molar-refractivity contribution in [2.45, 2.75) is 85.0 Å².